The minimum absolute atomic E-state index is 0.0718. The Labute approximate surface area is 197 Å². The topological polar surface area (TPSA) is 76.5 Å². The van der Waals surface area contributed by atoms with Gasteiger partial charge >= 0.3 is 0 Å². The average molecular weight is 455 g/mol. The fraction of sp³-hybridized carbons (Fsp3) is 0.577. The Morgan fingerprint density at radius 3 is 2.39 bits per heavy atom. The molecule has 1 aromatic heterocycles. The summed E-state index contributed by atoms with van der Waals surface area (Å²) in [6, 6.07) is 10.0. The van der Waals surface area contributed by atoms with Crippen molar-refractivity contribution in [3.8, 4) is 5.75 Å². The third kappa shape index (κ3) is 5.57. The number of carbonyl (C=O) groups is 2. The number of carbonyl (C=O) groups excluding carboxylic acids is 2. The number of likely N-dealkylation sites (N-methyl/N-ethyl adjacent to an activating group) is 1. The average Bonchev–Trinajstić information content (AvgIpc) is 3.23. The normalized spacial score (nSPS) is 20.7. The lowest BCUT2D eigenvalue weighted by Gasteiger charge is -2.42. The smallest absolute Gasteiger partial charge is 0.272 e. The summed E-state index contributed by atoms with van der Waals surface area (Å²) in [6.45, 7) is 8.40. The summed E-state index contributed by atoms with van der Waals surface area (Å²) in [6.07, 6.45) is 5.64. The van der Waals surface area contributed by atoms with E-state index in [9.17, 15) is 9.59 Å². The molecule has 33 heavy (non-hydrogen) atoms. The molecule has 1 fully saturated rings. The number of nitrogens with zero attached hydrogens (tertiary/aromatic N) is 3. The van der Waals surface area contributed by atoms with Gasteiger partial charge in [-0.25, -0.2) is 0 Å². The fourth-order valence-corrected chi connectivity index (χ4v) is 4.29. The molecule has 180 valence electrons. The highest BCUT2D eigenvalue weighted by atomic mass is 16.5. The van der Waals surface area contributed by atoms with Crippen LogP contribution >= 0.6 is 0 Å². The SMILES string of the molecule is CC(C)c1cc2n(n1)CC(C)(C(=O)NC1CCCCC1)N(C)C2=O.COc1ccc(C)cc1. The van der Waals surface area contributed by atoms with Crippen molar-refractivity contribution < 1.29 is 14.3 Å². The zero-order valence-corrected chi connectivity index (χ0v) is 20.9. The Morgan fingerprint density at radius 1 is 1.18 bits per heavy atom. The number of nitrogens with one attached hydrogen (secondary N) is 1. The van der Waals surface area contributed by atoms with Crippen molar-refractivity contribution in [2.75, 3.05) is 14.2 Å². The number of hydrogen-bond acceptors (Lipinski definition) is 4. The van der Waals surface area contributed by atoms with Crippen LogP contribution in [0, 0.1) is 6.92 Å². The first kappa shape index (κ1) is 24.8. The Morgan fingerprint density at radius 2 is 1.82 bits per heavy atom. The maximum absolute atomic E-state index is 12.9. The molecule has 1 aliphatic carbocycles. The number of hydrogen-bond donors (Lipinski definition) is 1. The number of amides is 2. The van der Waals surface area contributed by atoms with Gasteiger partial charge in [0.2, 0.25) is 5.91 Å². The number of benzene rings is 1. The molecule has 0 bridgehead atoms. The molecule has 2 aromatic rings. The predicted molar refractivity (Wildman–Crippen MR) is 130 cm³/mol. The maximum Gasteiger partial charge on any atom is 0.272 e. The van der Waals surface area contributed by atoms with Crippen molar-refractivity contribution in [2.24, 2.45) is 0 Å². The first-order chi connectivity index (χ1) is 15.7. The Bertz CT molecular complexity index is 960. The minimum Gasteiger partial charge on any atom is -0.497 e. The van der Waals surface area contributed by atoms with E-state index in [-0.39, 0.29) is 23.8 Å². The van der Waals surface area contributed by atoms with E-state index in [0.717, 1.165) is 37.1 Å². The van der Waals surface area contributed by atoms with Gasteiger partial charge in [-0.3, -0.25) is 14.3 Å². The molecule has 1 saturated carbocycles. The van der Waals surface area contributed by atoms with Crippen LogP contribution in [0.2, 0.25) is 0 Å². The van der Waals surface area contributed by atoms with Crippen molar-refractivity contribution in [2.45, 2.75) is 83.8 Å². The van der Waals surface area contributed by atoms with Crippen LogP contribution in [-0.2, 0) is 11.3 Å². The summed E-state index contributed by atoms with van der Waals surface area (Å²) in [4.78, 5) is 27.3. The van der Waals surface area contributed by atoms with E-state index in [1.807, 2.05) is 37.3 Å². The van der Waals surface area contributed by atoms with Gasteiger partial charge in [0.1, 0.15) is 17.0 Å². The summed E-state index contributed by atoms with van der Waals surface area (Å²) >= 11 is 0. The Balaban J connectivity index is 0.000000286. The predicted octanol–water partition coefficient (Wildman–Crippen LogP) is 4.30. The van der Waals surface area contributed by atoms with Crippen LogP contribution < -0.4 is 10.1 Å². The summed E-state index contributed by atoms with van der Waals surface area (Å²) < 4.78 is 6.68. The molecule has 2 heterocycles. The highest BCUT2D eigenvalue weighted by Crippen LogP contribution is 2.28. The van der Waals surface area contributed by atoms with E-state index in [1.54, 1.807) is 23.7 Å². The molecule has 7 nitrogen and oxygen atoms in total. The first-order valence-electron chi connectivity index (χ1n) is 11.9. The molecule has 2 amide bonds. The van der Waals surface area contributed by atoms with E-state index in [0.29, 0.717) is 12.2 Å². The van der Waals surface area contributed by atoms with Gasteiger partial charge in [-0.05, 0) is 50.8 Å². The second kappa shape index (κ2) is 10.4. The molecule has 0 saturated heterocycles. The van der Waals surface area contributed by atoms with Crippen molar-refractivity contribution in [1.29, 1.82) is 0 Å². The van der Waals surface area contributed by atoms with Crippen LogP contribution in [0.15, 0.2) is 30.3 Å². The van der Waals surface area contributed by atoms with Crippen LogP contribution in [-0.4, -0.2) is 52.2 Å². The van der Waals surface area contributed by atoms with Crippen molar-refractivity contribution >= 4 is 11.8 Å². The molecular weight excluding hydrogens is 416 g/mol. The van der Waals surface area contributed by atoms with Crippen molar-refractivity contribution in [3.63, 3.8) is 0 Å². The molecular formula is C26H38N4O3. The van der Waals surface area contributed by atoms with Crippen LogP contribution in [0.3, 0.4) is 0 Å². The standard InChI is InChI=1S/C18H28N4O2.C8H10O/c1-12(2)14-10-15-16(23)21(4)18(3,11-22(15)20-14)17(24)19-13-8-6-5-7-9-13;1-7-3-5-8(9-2)6-4-7/h10,12-13H,5-9,11H2,1-4H3,(H,19,24);3-6H,1-2H3. The number of rotatable bonds is 4. The molecule has 0 spiro atoms. The van der Waals surface area contributed by atoms with Gasteiger partial charge < -0.3 is 15.0 Å². The van der Waals surface area contributed by atoms with Gasteiger partial charge in [0.05, 0.1) is 19.3 Å². The minimum atomic E-state index is -0.901. The number of ether oxygens (including phenoxy) is 1. The second-order valence-corrected chi connectivity index (χ2v) is 9.73. The summed E-state index contributed by atoms with van der Waals surface area (Å²) in [5, 5.41) is 7.72. The quantitative estimate of drug-likeness (QED) is 0.747. The van der Waals surface area contributed by atoms with Crippen LogP contribution in [0.4, 0.5) is 0 Å². The molecule has 2 aliphatic rings. The number of fused-ring (bicyclic) bond motifs is 1. The van der Waals surface area contributed by atoms with Gasteiger partial charge in [-0.15, -0.1) is 0 Å². The highest BCUT2D eigenvalue weighted by molar-refractivity contribution is 5.99. The summed E-state index contributed by atoms with van der Waals surface area (Å²) in [5.41, 5.74) is 1.82. The lowest BCUT2D eigenvalue weighted by molar-refractivity contribution is -0.133. The zero-order valence-electron chi connectivity index (χ0n) is 20.9. The second-order valence-electron chi connectivity index (χ2n) is 9.73. The van der Waals surface area contributed by atoms with Gasteiger partial charge in [0.15, 0.2) is 0 Å². The summed E-state index contributed by atoms with van der Waals surface area (Å²) in [5.74, 6) is 0.962. The third-order valence-electron chi connectivity index (χ3n) is 6.80. The van der Waals surface area contributed by atoms with Crippen LogP contribution in [0.25, 0.3) is 0 Å². The lowest BCUT2D eigenvalue weighted by atomic mass is 9.92. The Hall–Kier alpha value is -2.83. The molecule has 0 radical (unpaired) electrons. The monoisotopic (exact) mass is 454 g/mol. The Kier molecular flexibility index (Phi) is 7.82. The molecule has 4 rings (SSSR count). The van der Waals surface area contributed by atoms with Gasteiger partial charge in [-0.2, -0.15) is 5.10 Å². The maximum atomic E-state index is 12.9. The van der Waals surface area contributed by atoms with Crippen molar-refractivity contribution in [1.82, 2.24) is 20.0 Å². The number of aromatic nitrogens is 2. The van der Waals surface area contributed by atoms with E-state index >= 15 is 0 Å². The summed E-state index contributed by atoms with van der Waals surface area (Å²) in [7, 11) is 3.39. The molecule has 1 atom stereocenters. The largest absolute Gasteiger partial charge is 0.497 e. The van der Waals surface area contributed by atoms with Gasteiger partial charge in [0, 0.05) is 13.1 Å². The van der Waals surface area contributed by atoms with E-state index in [4.69, 9.17) is 4.74 Å². The van der Waals surface area contributed by atoms with Crippen molar-refractivity contribution in [3.05, 3.63) is 47.3 Å². The zero-order chi connectivity index (χ0) is 24.2. The van der Waals surface area contributed by atoms with E-state index < -0.39 is 5.54 Å². The van der Waals surface area contributed by atoms with Crippen LogP contribution in [0.5, 0.6) is 5.75 Å². The fourth-order valence-electron chi connectivity index (χ4n) is 4.29. The van der Waals surface area contributed by atoms with Gasteiger partial charge in [0.25, 0.3) is 5.91 Å². The highest BCUT2D eigenvalue weighted by Gasteiger charge is 2.46. The van der Waals surface area contributed by atoms with E-state index in [1.165, 1.54) is 12.0 Å². The number of aryl methyl sites for hydroxylation is 1. The van der Waals surface area contributed by atoms with Crippen LogP contribution in [0.1, 0.15) is 80.5 Å². The molecule has 1 N–H and O–H groups in total. The molecule has 1 unspecified atom stereocenters. The van der Waals surface area contributed by atoms with E-state index in [2.05, 4.69) is 31.2 Å². The molecule has 1 aliphatic heterocycles. The molecule has 7 heteroatoms. The molecule has 1 aromatic carbocycles. The first-order valence-corrected chi connectivity index (χ1v) is 11.9. The lowest BCUT2D eigenvalue weighted by Crippen LogP contribution is -2.63. The van der Waals surface area contributed by atoms with Gasteiger partial charge in [-0.1, -0.05) is 50.8 Å². The number of methoxy groups -OCH3 is 1. The third-order valence-corrected chi connectivity index (χ3v) is 6.80.